The lowest BCUT2D eigenvalue weighted by Crippen LogP contribution is -2.13. The summed E-state index contributed by atoms with van der Waals surface area (Å²) in [5.41, 5.74) is 0.251. The molecule has 0 aliphatic rings. The van der Waals surface area contributed by atoms with Crippen molar-refractivity contribution in [3.63, 3.8) is 0 Å². The van der Waals surface area contributed by atoms with Crippen molar-refractivity contribution in [3.05, 3.63) is 42.2 Å². The Balaban J connectivity index is 2.73. The fourth-order valence-electron chi connectivity index (χ4n) is 0.858. The highest BCUT2D eigenvalue weighted by molar-refractivity contribution is 6.06. The molecule has 4 nitrogen and oxygen atoms in total. The molecule has 0 aromatic heterocycles. The minimum Gasteiger partial charge on any atom is -0.514 e. The fourth-order valence-corrected chi connectivity index (χ4v) is 0.858. The van der Waals surface area contributed by atoms with E-state index in [2.05, 4.69) is 5.32 Å². The molecule has 0 fully saturated rings. The number of aliphatic hydroxyl groups excluding tert-OH is 1. The van der Waals surface area contributed by atoms with Crippen LogP contribution in [0.5, 0.6) is 0 Å². The van der Waals surface area contributed by atoms with E-state index in [1.54, 1.807) is 30.3 Å². The van der Waals surface area contributed by atoms with Crippen LogP contribution in [0.1, 0.15) is 0 Å². The third-order valence-corrected chi connectivity index (χ3v) is 1.53. The van der Waals surface area contributed by atoms with Crippen molar-refractivity contribution in [3.8, 4) is 6.07 Å². The molecule has 2 N–H and O–H groups in total. The molecule has 4 heteroatoms. The average molecular weight is 188 g/mol. The number of carbonyl (C=O) groups excluding carboxylic acids is 1. The Bertz CT molecular complexity index is 390. The number of nitriles is 1. The van der Waals surface area contributed by atoms with Gasteiger partial charge >= 0.3 is 0 Å². The van der Waals surface area contributed by atoms with E-state index >= 15 is 0 Å². The Hall–Kier alpha value is -2.28. The predicted molar refractivity (Wildman–Crippen MR) is 51.4 cm³/mol. The van der Waals surface area contributed by atoms with Crippen LogP contribution in [0.2, 0.25) is 0 Å². The van der Waals surface area contributed by atoms with Gasteiger partial charge in [0.2, 0.25) is 0 Å². The molecule has 0 unspecified atom stereocenters. The predicted octanol–water partition coefficient (Wildman–Crippen LogP) is 1.59. The maximum Gasteiger partial charge on any atom is 0.269 e. The van der Waals surface area contributed by atoms with Gasteiger partial charge in [0.1, 0.15) is 12.3 Å². The summed E-state index contributed by atoms with van der Waals surface area (Å²) in [6, 6.07) is 10.3. The van der Waals surface area contributed by atoms with Crippen LogP contribution in [-0.4, -0.2) is 11.0 Å². The molecule has 14 heavy (non-hydrogen) atoms. The summed E-state index contributed by atoms with van der Waals surface area (Å²) in [5.74, 6) is -0.624. The van der Waals surface area contributed by atoms with Gasteiger partial charge in [0, 0.05) is 5.69 Å². The molecule has 0 aliphatic heterocycles. The molecular weight excluding hydrogens is 180 g/mol. The largest absolute Gasteiger partial charge is 0.514 e. The van der Waals surface area contributed by atoms with Gasteiger partial charge < -0.3 is 10.4 Å². The van der Waals surface area contributed by atoms with Crippen LogP contribution in [0.4, 0.5) is 5.69 Å². The van der Waals surface area contributed by atoms with Crippen molar-refractivity contribution in [2.45, 2.75) is 0 Å². The maximum absolute atomic E-state index is 11.2. The maximum atomic E-state index is 11.2. The number of anilines is 1. The molecule has 0 bridgehead atoms. The van der Waals surface area contributed by atoms with E-state index in [0.29, 0.717) is 11.9 Å². The highest BCUT2D eigenvalue weighted by Crippen LogP contribution is 2.06. The topological polar surface area (TPSA) is 73.1 Å². The summed E-state index contributed by atoms with van der Waals surface area (Å²) >= 11 is 0. The Morgan fingerprint density at radius 3 is 2.57 bits per heavy atom. The SMILES string of the molecule is N#C/C(=C/O)C(=O)Nc1ccccc1. The standard InChI is InChI=1S/C10H8N2O2/c11-6-8(7-13)10(14)12-9-4-2-1-3-5-9/h1-5,7,13H,(H,12,14)/b8-7-. The van der Waals surface area contributed by atoms with Crippen molar-refractivity contribution >= 4 is 11.6 Å². The number of hydrogen-bond donors (Lipinski definition) is 2. The first-order chi connectivity index (χ1) is 6.77. The zero-order chi connectivity index (χ0) is 10.4. The first-order valence-corrected chi connectivity index (χ1v) is 3.89. The first-order valence-electron chi connectivity index (χ1n) is 3.89. The molecule has 0 aliphatic carbocycles. The van der Waals surface area contributed by atoms with E-state index in [9.17, 15) is 4.79 Å². The van der Waals surface area contributed by atoms with Crippen molar-refractivity contribution in [2.24, 2.45) is 0 Å². The number of aliphatic hydroxyl groups is 1. The van der Waals surface area contributed by atoms with Crippen LogP contribution in [0, 0.1) is 11.3 Å². The van der Waals surface area contributed by atoms with Gasteiger partial charge in [0.05, 0.1) is 0 Å². The number of carbonyl (C=O) groups is 1. The van der Waals surface area contributed by atoms with Gasteiger partial charge in [0.25, 0.3) is 5.91 Å². The average Bonchev–Trinajstić information content (AvgIpc) is 2.21. The summed E-state index contributed by atoms with van der Waals surface area (Å²) in [6.45, 7) is 0. The van der Waals surface area contributed by atoms with E-state index in [4.69, 9.17) is 10.4 Å². The van der Waals surface area contributed by atoms with Crippen LogP contribution in [0.15, 0.2) is 42.2 Å². The molecule has 1 rings (SSSR count). The van der Waals surface area contributed by atoms with Crippen LogP contribution < -0.4 is 5.32 Å². The summed E-state index contributed by atoms with van der Waals surface area (Å²) in [4.78, 5) is 11.2. The van der Waals surface area contributed by atoms with Crippen LogP contribution in [-0.2, 0) is 4.79 Å². The van der Waals surface area contributed by atoms with E-state index in [1.165, 1.54) is 0 Å². The molecule has 0 spiro atoms. The van der Waals surface area contributed by atoms with Gasteiger partial charge in [-0.2, -0.15) is 5.26 Å². The quantitative estimate of drug-likeness (QED) is 0.420. The minimum atomic E-state index is -0.624. The number of para-hydroxylation sites is 1. The second kappa shape index (κ2) is 4.67. The number of rotatable bonds is 2. The van der Waals surface area contributed by atoms with Gasteiger partial charge in [0.15, 0.2) is 5.57 Å². The molecule has 1 amide bonds. The number of nitrogens with one attached hydrogen (secondary N) is 1. The van der Waals surface area contributed by atoms with Gasteiger partial charge in [-0.3, -0.25) is 4.79 Å². The van der Waals surface area contributed by atoms with E-state index < -0.39 is 5.91 Å². The van der Waals surface area contributed by atoms with Crippen LogP contribution >= 0.6 is 0 Å². The molecule has 0 saturated heterocycles. The molecule has 1 aromatic rings. The number of hydrogen-bond acceptors (Lipinski definition) is 3. The first kappa shape index (κ1) is 9.81. The summed E-state index contributed by atoms with van der Waals surface area (Å²) < 4.78 is 0. The monoisotopic (exact) mass is 188 g/mol. The molecule has 0 atom stereocenters. The smallest absolute Gasteiger partial charge is 0.269 e. The van der Waals surface area contributed by atoms with Gasteiger partial charge in [-0.25, -0.2) is 0 Å². The fraction of sp³-hybridized carbons (Fsp3) is 0. The van der Waals surface area contributed by atoms with Crippen LogP contribution in [0.25, 0.3) is 0 Å². The Kier molecular flexibility index (Phi) is 3.27. The molecule has 70 valence electrons. The molecule has 0 saturated carbocycles. The lowest BCUT2D eigenvalue weighted by atomic mass is 10.2. The van der Waals surface area contributed by atoms with Crippen molar-refractivity contribution in [2.75, 3.05) is 5.32 Å². The van der Waals surface area contributed by atoms with Gasteiger partial charge in [-0.1, -0.05) is 18.2 Å². The van der Waals surface area contributed by atoms with Crippen molar-refractivity contribution < 1.29 is 9.90 Å². The lowest BCUT2D eigenvalue weighted by molar-refractivity contribution is -0.112. The molecule has 0 radical (unpaired) electrons. The summed E-state index contributed by atoms with van der Waals surface area (Å²) in [5, 5.41) is 19.4. The van der Waals surface area contributed by atoms with Crippen LogP contribution in [0.3, 0.4) is 0 Å². The second-order valence-corrected chi connectivity index (χ2v) is 2.47. The third kappa shape index (κ3) is 2.35. The Morgan fingerprint density at radius 1 is 1.43 bits per heavy atom. The molecule has 1 aromatic carbocycles. The Morgan fingerprint density at radius 2 is 2.07 bits per heavy atom. The zero-order valence-corrected chi connectivity index (χ0v) is 7.27. The normalized spacial score (nSPS) is 10.4. The number of amides is 1. The summed E-state index contributed by atoms with van der Waals surface area (Å²) in [6.07, 6.45) is 0.484. The molecule has 0 heterocycles. The van der Waals surface area contributed by atoms with Crippen molar-refractivity contribution in [1.29, 1.82) is 5.26 Å². The summed E-state index contributed by atoms with van der Waals surface area (Å²) in [7, 11) is 0. The Labute approximate surface area is 81.1 Å². The number of benzene rings is 1. The highest BCUT2D eigenvalue weighted by Gasteiger charge is 2.08. The van der Waals surface area contributed by atoms with Gasteiger partial charge in [-0.15, -0.1) is 0 Å². The third-order valence-electron chi connectivity index (χ3n) is 1.53. The van der Waals surface area contributed by atoms with E-state index in [-0.39, 0.29) is 5.57 Å². The van der Waals surface area contributed by atoms with Gasteiger partial charge in [-0.05, 0) is 12.1 Å². The van der Waals surface area contributed by atoms with E-state index in [0.717, 1.165) is 0 Å². The highest BCUT2D eigenvalue weighted by atomic mass is 16.2. The number of nitrogens with zero attached hydrogens (tertiary/aromatic N) is 1. The zero-order valence-electron chi connectivity index (χ0n) is 7.27. The second-order valence-electron chi connectivity index (χ2n) is 2.47. The lowest BCUT2D eigenvalue weighted by Gasteiger charge is -2.01. The minimum absolute atomic E-state index is 0.325. The van der Waals surface area contributed by atoms with Crippen molar-refractivity contribution in [1.82, 2.24) is 0 Å². The van der Waals surface area contributed by atoms with E-state index in [1.807, 2.05) is 6.07 Å². The molecular formula is C10H8N2O2.